The van der Waals surface area contributed by atoms with E-state index in [0.29, 0.717) is 6.61 Å². The molecule has 0 radical (unpaired) electrons. The number of hydrogen-bond acceptors (Lipinski definition) is 3. The van der Waals surface area contributed by atoms with Crippen LogP contribution in [0.5, 0.6) is 0 Å². The quantitative estimate of drug-likeness (QED) is 0.698. The largest absolute Gasteiger partial charge is 0.355 e. The smallest absolute Gasteiger partial charge is 0.189 e. The predicted octanol–water partition coefficient (Wildman–Crippen LogP) is 4.97. The molecule has 26 heavy (non-hydrogen) atoms. The first-order valence-electron chi connectivity index (χ1n) is 9.56. The summed E-state index contributed by atoms with van der Waals surface area (Å²) >= 11 is -1.47. The number of benzene rings is 2. The van der Waals surface area contributed by atoms with Gasteiger partial charge in [0, 0.05) is 11.0 Å². The normalized spacial score (nSPS) is 32.8. The molecule has 0 bridgehead atoms. The second-order valence-corrected chi connectivity index (χ2v) is 8.56. The molecule has 0 N–H and O–H groups in total. The Balaban J connectivity index is 1.89. The Labute approximate surface area is 158 Å². The third-order valence-electron chi connectivity index (χ3n) is 6.03. The highest BCUT2D eigenvalue weighted by atomic mass is 32.2. The van der Waals surface area contributed by atoms with Crippen LogP contribution in [0.4, 0.5) is 0 Å². The summed E-state index contributed by atoms with van der Waals surface area (Å²) in [6.45, 7) is 4.88. The summed E-state index contributed by atoms with van der Waals surface area (Å²) in [4.78, 5) is 0.735. The highest BCUT2D eigenvalue weighted by Crippen LogP contribution is 2.62. The van der Waals surface area contributed by atoms with Crippen LogP contribution in [-0.2, 0) is 25.6 Å². The zero-order valence-corrected chi connectivity index (χ0v) is 16.3. The van der Waals surface area contributed by atoms with Crippen LogP contribution in [-0.4, -0.2) is 16.9 Å². The van der Waals surface area contributed by atoms with Gasteiger partial charge in [0.25, 0.3) is 0 Å². The van der Waals surface area contributed by atoms with Crippen LogP contribution in [0.25, 0.3) is 0 Å². The molecule has 2 aliphatic rings. The van der Waals surface area contributed by atoms with Gasteiger partial charge < -0.3 is 4.74 Å². The van der Waals surface area contributed by atoms with Gasteiger partial charge in [-0.25, -0.2) is 4.21 Å². The summed E-state index contributed by atoms with van der Waals surface area (Å²) in [5.74, 6) is 0. The van der Waals surface area contributed by atoms with Gasteiger partial charge in [0.05, 0.1) is 11.5 Å². The minimum Gasteiger partial charge on any atom is -0.355 e. The molecule has 1 saturated heterocycles. The van der Waals surface area contributed by atoms with Gasteiger partial charge in [-0.1, -0.05) is 75.2 Å². The van der Waals surface area contributed by atoms with Crippen LogP contribution in [0.2, 0.25) is 0 Å². The molecule has 0 aromatic heterocycles. The molecule has 0 saturated carbocycles. The van der Waals surface area contributed by atoms with Gasteiger partial charge in [0.1, 0.15) is 11.7 Å². The van der Waals surface area contributed by atoms with E-state index in [4.69, 9.17) is 8.92 Å². The first-order valence-corrected chi connectivity index (χ1v) is 10.6. The number of hydrogen-bond donors (Lipinski definition) is 0. The summed E-state index contributed by atoms with van der Waals surface area (Å²) in [7, 11) is 0. The number of epoxide rings is 1. The van der Waals surface area contributed by atoms with Crippen LogP contribution in [0.1, 0.15) is 50.7 Å². The lowest BCUT2D eigenvalue weighted by molar-refractivity contribution is 0.0958. The fraction of sp³-hybridized carbons (Fsp3) is 0.455. The molecule has 0 spiro atoms. The lowest BCUT2D eigenvalue weighted by atomic mass is 9.71. The van der Waals surface area contributed by atoms with E-state index in [-0.39, 0.29) is 11.5 Å². The minimum absolute atomic E-state index is 0.0485. The molecule has 1 unspecified atom stereocenters. The van der Waals surface area contributed by atoms with Crippen molar-refractivity contribution in [2.75, 3.05) is 6.61 Å². The lowest BCUT2D eigenvalue weighted by Crippen LogP contribution is -2.38. The Morgan fingerprint density at radius 1 is 1.08 bits per heavy atom. The number of ether oxygens (including phenoxy) is 1. The van der Waals surface area contributed by atoms with Gasteiger partial charge >= 0.3 is 0 Å². The summed E-state index contributed by atoms with van der Waals surface area (Å²) in [6.07, 6.45) is 4.28. The highest BCUT2D eigenvalue weighted by molar-refractivity contribution is 7.80. The van der Waals surface area contributed by atoms with Gasteiger partial charge in [-0.15, -0.1) is 0 Å². The van der Waals surface area contributed by atoms with Crippen molar-refractivity contribution < 1.29 is 13.1 Å². The van der Waals surface area contributed by atoms with E-state index >= 15 is 0 Å². The molecule has 138 valence electrons. The van der Waals surface area contributed by atoms with Gasteiger partial charge in [-0.05, 0) is 24.5 Å². The van der Waals surface area contributed by atoms with Crippen molar-refractivity contribution in [1.29, 1.82) is 0 Å². The fourth-order valence-corrected chi connectivity index (χ4v) is 5.46. The first-order chi connectivity index (χ1) is 12.7. The fourth-order valence-electron chi connectivity index (χ4n) is 4.40. The van der Waals surface area contributed by atoms with E-state index in [9.17, 15) is 4.21 Å². The Morgan fingerprint density at radius 3 is 2.54 bits per heavy atom. The van der Waals surface area contributed by atoms with Crippen molar-refractivity contribution in [3.63, 3.8) is 0 Å². The van der Waals surface area contributed by atoms with Crippen LogP contribution in [0, 0.1) is 5.41 Å². The van der Waals surface area contributed by atoms with E-state index in [2.05, 4.69) is 44.2 Å². The maximum absolute atomic E-state index is 12.9. The van der Waals surface area contributed by atoms with Crippen LogP contribution in [0.3, 0.4) is 0 Å². The molecule has 2 aromatic rings. The zero-order chi connectivity index (χ0) is 18.2. The SMILES string of the molecule is CCCC[C@]1(CC)COS(=O)c2ccccc2[C@]2(c3ccccc3)O[C@H]12. The van der Waals surface area contributed by atoms with Crippen LogP contribution >= 0.6 is 0 Å². The van der Waals surface area contributed by atoms with Crippen molar-refractivity contribution in [1.82, 2.24) is 0 Å². The molecule has 2 heterocycles. The molecule has 1 fully saturated rings. The first kappa shape index (κ1) is 17.9. The maximum atomic E-state index is 12.9. The van der Waals surface area contributed by atoms with Gasteiger partial charge in [0.15, 0.2) is 11.1 Å². The van der Waals surface area contributed by atoms with E-state index in [1.165, 1.54) is 0 Å². The predicted molar refractivity (Wildman–Crippen MR) is 103 cm³/mol. The molecule has 4 atom stereocenters. The third kappa shape index (κ3) is 2.67. The Morgan fingerprint density at radius 2 is 1.81 bits per heavy atom. The molecule has 0 aliphatic carbocycles. The molecule has 2 aromatic carbocycles. The summed E-state index contributed by atoms with van der Waals surface area (Å²) in [5.41, 5.74) is 1.50. The minimum atomic E-state index is -1.47. The van der Waals surface area contributed by atoms with Gasteiger partial charge in [-0.2, -0.15) is 0 Å². The topological polar surface area (TPSA) is 38.8 Å². The van der Waals surface area contributed by atoms with Crippen molar-refractivity contribution in [3.05, 3.63) is 65.7 Å². The van der Waals surface area contributed by atoms with Crippen molar-refractivity contribution in [2.24, 2.45) is 5.41 Å². The molecule has 4 heteroatoms. The summed E-state index contributed by atoms with van der Waals surface area (Å²) in [6, 6.07) is 18.3. The molecule has 0 amide bonds. The van der Waals surface area contributed by atoms with Crippen LogP contribution < -0.4 is 0 Å². The van der Waals surface area contributed by atoms with Crippen molar-refractivity contribution >= 4 is 11.1 Å². The molecule has 3 nitrogen and oxygen atoms in total. The highest BCUT2D eigenvalue weighted by Gasteiger charge is 2.68. The number of fused-ring (bicyclic) bond motifs is 3. The number of rotatable bonds is 5. The monoisotopic (exact) mass is 370 g/mol. The average Bonchev–Trinajstić information content (AvgIpc) is 3.45. The zero-order valence-electron chi connectivity index (χ0n) is 15.4. The molecular formula is C22H26O3S. The second-order valence-electron chi connectivity index (χ2n) is 7.41. The Bertz CT molecular complexity index is 806. The Hall–Kier alpha value is -1.49. The lowest BCUT2D eigenvalue weighted by Gasteiger charge is -2.34. The van der Waals surface area contributed by atoms with E-state index in [1.54, 1.807) is 0 Å². The maximum Gasteiger partial charge on any atom is 0.189 e. The van der Waals surface area contributed by atoms with E-state index in [0.717, 1.165) is 41.7 Å². The molecule has 2 aliphatic heterocycles. The molecule has 4 rings (SSSR count). The van der Waals surface area contributed by atoms with Crippen LogP contribution in [0.15, 0.2) is 59.5 Å². The summed E-state index contributed by atoms with van der Waals surface area (Å²) in [5, 5.41) is 0. The average molecular weight is 371 g/mol. The standard InChI is InChI=1S/C22H26O3S/c1-3-5-15-21(4-2)16-24-26(23)19-14-10-9-13-18(19)22(20(21)25-22)17-11-7-6-8-12-17/h6-14,20H,3-5,15-16H2,1-2H3/t20-,21-,22+,26?/m1/s1. The van der Waals surface area contributed by atoms with Gasteiger partial charge in [-0.3, -0.25) is 4.18 Å². The summed E-state index contributed by atoms with van der Waals surface area (Å²) < 4.78 is 25.4. The molecular weight excluding hydrogens is 344 g/mol. The second kappa shape index (κ2) is 6.91. The van der Waals surface area contributed by atoms with E-state index in [1.807, 2.05) is 24.3 Å². The van der Waals surface area contributed by atoms with Gasteiger partial charge in [0.2, 0.25) is 0 Å². The number of unbranched alkanes of at least 4 members (excludes halogenated alkanes) is 1. The third-order valence-corrected chi connectivity index (χ3v) is 7.07. The Kier molecular flexibility index (Phi) is 4.76. The van der Waals surface area contributed by atoms with Crippen molar-refractivity contribution in [2.45, 2.75) is 56.1 Å². The van der Waals surface area contributed by atoms with E-state index < -0.39 is 16.7 Å². The van der Waals surface area contributed by atoms with Crippen molar-refractivity contribution in [3.8, 4) is 0 Å².